The van der Waals surface area contributed by atoms with Crippen molar-refractivity contribution in [1.29, 1.82) is 0 Å². The molecule has 0 saturated heterocycles. The summed E-state index contributed by atoms with van der Waals surface area (Å²) >= 11 is 6.01. The first-order chi connectivity index (χ1) is 11.0. The average Bonchev–Trinajstić information content (AvgIpc) is 2.54. The minimum Gasteiger partial charge on any atom is -0.496 e. The monoisotopic (exact) mass is 331 g/mol. The molecule has 1 N–H and O–H groups in total. The predicted octanol–water partition coefficient (Wildman–Crippen LogP) is 4.47. The number of carbonyl (C=O) groups excluding carboxylic acids is 1. The van der Waals surface area contributed by atoms with E-state index in [1.807, 2.05) is 0 Å². The number of nitrogens with one attached hydrogen (secondary N) is 1. The summed E-state index contributed by atoms with van der Waals surface area (Å²) in [5.41, 5.74) is 3.11. The number of hydrogen-bond acceptors (Lipinski definition) is 2. The lowest BCUT2D eigenvalue weighted by Crippen LogP contribution is -2.29. The second kappa shape index (κ2) is 8.02. The van der Waals surface area contributed by atoms with Gasteiger partial charge in [-0.2, -0.15) is 0 Å². The standard InChI is InChI=1S/C19H22ClNO2/c1-4-17(14-7-5-13(2)6-8-14)21-19(22)12-15-11-16(20)9-10-18(15)23-3/h5-11,17H,4,12H2,1-3H3,(H,21,22). The van der Waals surface area contributed by atoms with Gasteiger partial charge in [0, 0.05) is 10.6 Å². The molecule has 0 aromatic heterocycles. The van der Waals surface area contributed by atoms with E-state index in [4.69, 9.17) is 16.3 Å². The van der Waals surface area contributed by atoms with Crippen LogP contribution in [0.5, 0.6) is 5.75 Å². The van der Waals surface area contributed by atoms with E-state index in [0.29, 0.717) is 10.8 Å². The summed E-state index contributed by atoms with van der Waals surface area (Å²) in [7, 11) is 1.59. The zero-order valence-electron chi connectivity index (χ0n) is 13.7. The van der Waals surface area contributed by atoms with E-state index in [1.54, 1.807) is 25.3 Å². The van der Waals surface area contributed by atoms with Crippen LogP contribution in [0.25, 0.3) is 0 Å². The highest BCUT2D eigenvalue weighted by Crippen LogP contribution is 2.24. The molecule has 1 atom stereocenters. The van der Waals surface area contributed by atoms with Gasteiger partial charge in [-0.05, 0) is 37.1 Å². The van der Waals surface area contributed by atoms with Crippen molar-refractivity contribution >= 4 is 17.5 Å². The van der Waals surface area contributed by atoms with Gasteiger partial charge in [-0.15, -0.1) is 0 Å². The first kappa shape index (κ1) is 17.4. The number of halogens is 1. The Morgan fingerprint density at radius 1 is 1.22 bits per heavy atom. The summed E-state index contributed by atoms with van der Waals surface area (Å²) in [5, 5.41) is 3.68. The van der Waals surface area contributed by atoms with Crippen LogP contribution in [0.3, 0.4) is 0 Å². The van der Waals surface area contributed by atoms with E-state index < -0.39 is 0 Å². The zero-order chi connectivity index (χ0) is 16.8. The van der Waals surface area contributed by atoms with E-state index in [2.05, 4.69) is 43.4 Å². The molecular weight excluding hydrogens is 310 g/mol. The third kappa shape index (κ3) is 4.73. The number of amides is 1. The summed E-state index contributed by atoms with van der Waals surface area (Å²) in [4.78, 5) is 12.4. The van der Waals surface area contributed by atoms with Gasteiger partial charge in [-0.25, -0.2) is 0 Å². The number of aryl methyl sites for hydroxylation is 1. The lowest BCUT2D eigenvalue weighted by atomic mass is 10.0. The Bertz CT molecular complexity index is 668. The Labute approximate surface area is 142 Å². The summed E-state index contributed by atoms with van der Waals surface area (Å²) in [5.74, 6) is 0.630. The Morgan fingerprint density at radius 3 is 2.52 bits per heavy atom. The van der Waals surface area contributed by atoms with Gasteiger partial charge in [0.05, 0.1) is 19.6 Å². The molecule has 0 heterocycles. The highest BCUT2D eigenvalue weighted by molar-refractivity contribution is 6.30. The average molecular weight is 332 g/mol. The molecule has 1 unspecified atom stereocenters. The third-order valence-corrected chi connectivity index (χ3v) is 4.05. The first-order valence-electron chi connectivity index (χ1n) is 7.71. The SMILES string of the molecule is CCC(NC(=O)Cc1cc(Cl)ccc1OC)c1ccc(C)cc1. The summed E-state index contributed by atoms with van der Waals surface area (Å²) in [6.07, 6.45) is 1.08. The number of benzene rings is 2. The maximum Gasteiger partial charge on any atom is 0.225 e. The van der Waals surface area contributed by atoms with Gasteiger partial charge in [0.15, 0.2) is 0 Å². The van der Waals surface area contributed by atoms with Crippen molar-refractivity contribution in [2.24, 2.45) is 0 Å². The van der Waals surface area contributed by atoms with Crippen LogP contribution in [0.15, 0.2) is 42.5 Å². The Kier molecular flexibility index (Phi) is 6.05. The van der Waals surface area contributed by atoms with Crippen molar-refractivity contribution in [3.63, 3.8) is 0 Å². The van der Waals surface area contributed by atoms with Gasteiger partial charge >= 0.3 is 0 Å². The second-order valence-corrected chi connectivity index (χ2v) is 6.01. The molecule has 2 aromatic rings. The van der Waals surface area contributed by atoms with Crippen LogP contribution in [0.4, 0.5) is 0 Å². The quantitative estimate of drug-likeness (QED) is 0.848. The molecule has 122 valence electrons. The van der Waals surface area contributed by atoms with Crippen molar-refractivity contribution in [1.82, 2.24) is 5.32 Å². The van der Waals surface area contributed by atoms with Crippen molar-refractivity contribution in [2.75, 3.05) is 7.11 Å². The van der Waals surface area contributed by atoms with Crippen LogP contribution >= 0.6 is 11.6 Å². The topological polar surface area (TPSA) is 38.3 Å². The first-order valence-corrected chi connectivity index (χ1v) is 8.09. The van der Waals surface area contributed by atoms with Crippen LogP contribution in [0, 0.1) is 6.92 Å². The molecular formula is C19H22ClNO2. The normalized spacial score (nSPS) is 11.8. The highest BCUT2D eigenvalue weighted by atomic mass is 35.5. The van der Waals surface area contributed by atoms with Gasteiger partial charge in [0.2, 0.25) is 5.91 Å². The Balaban J connectivity index is 2.08. The smallest absolute Gasteiger partial charge is 0.225 e. The number of methoxy groups -OCH3 is 1. The largest absolute Gasteiger partial charge is 0.496 e. The van der Waals surface area contributed by atoms with Crippen molar-refractivity contribution in [3.8, 4) is 5.75 Å². The third-order valence-electron chi connectivity index (χ3n) is 3.82. The fourth-order valence-corrected chi connectivity index (χ4v) is 2.72. The molecule has 23 heavy (non-hydrogen) atoms. The van der Waals surface area contributed by atoms with E-state index in [0.717, 1.165) is 17.5 Å². The van der Waals surface area contributed by atoms with Gasteiger partial charge in [-0.3, -0.25) is 4.79 Å². The minimum absolute atomic E-state index is 0.00767. The lowest BCUT2D eigenvalue weighted by molar-refractivity contribution is -0.121. The maximum absolute atomic E-state index is 12.4. The Hall–Kier alpha value is -2.00. The number of rotatable bonds is 6. The Morgan fingerprint density at radius 2 is 1.91 bits per heavy atom. The van der Waals surface area contributed by atoms with E-state index in [1.165, 1.54) is 5.56 Å². The van der Waals surface area contributed by atoms with Crippen LogP contribution in [-0.4, -0.2) is 13.0 Å². The molecule has 0 bridgehead atoms. The van der Waals surface area contributed by atoms with Crippen molar-refractivity contribution in [2.45, 2.75) is 32.7 Å². The predicted molar refractivity (Wildman–Crippen MR) is 94.1 cm³/mol. The number of hydrogen-bond donors (Lipinski definition) is 1. The molecule has 2 rings (SSSR count). The molecule has 0 saturated carbocycles. The lowest BCUT2D eigenvalue weighted by Gasteiger charge is -2.18. The number of carbonyl (C=O) groups is 1. The molecule has 1 amide bonds. The summed E-state index contributed by atoms with van der Waals surface area (Å²) < 4.78 is 5.29. The van der Waals surface area contributed by atoms with Gasteiger partial charge < -0.3 is 10.1 Å². The van der Waals surface area contributed by atoms with E-state index >= 15 is 0 Å². The molecule has 0 aliphatic rings. The molecule has 0 aliphatic heterocycles. The van der Waals surface area contributed by atoms with Gasteiger partial charge in [0.25, 0.3) is 0 Å². The highest BCUT2D eigenvalue weighted by Gasteiger charge is 2.15. The minimum atomic E-state index is -0.0435. The van der Waals surface area contributed by atoms with Crippen molar-refractivity contribution < 1.29 is 9.53 Å². The molecule has 2 aromatic carbocycles. The van der Waals surface area contributed by atoms with Crippen LogP contribution < -0.4 is 10.1 Å². The van der Waals surface area contributed by atoms with E-state index in [-0.39, 0.29) is 18.4 Å². The molecule has 0 fully saturated rings. The summed E-state index contributed by atoms with van der Waals surface area (Å²) in [6, 6.07) is 13.5. The second-order valence-electron chi connectivity index (χ2n) is 5.57. The van der Waals surface area contributed by atoms with Gasteiger partial charge in [0.1, 0.15) is 5.75 Å². The number of ether oxygens (including phenoxy) is 1. The molecule has 0 radical (unpaired) electrons. The van der Waals surface area contributed by atoms with Gasteiger partial charge in [-0.1, -0.05) is 48.4 Å². The molecule has 0 aliphatic carbocycles. The maximum atomic E-state index is 12.4. The van der Waals surface area contributed by atoms with Crippen LogP contribution in [0.1, 0.15) is 36.1 Å². The van der Waals surface area contributed by atoms with Crippen LogP contribution in [0.2, 0.25) is 5.02 Å². The van der Waals surface area contributed by atoms with E-state index in [9.17, 15) is 4.79 Å². The summed E-state index contributed by atoms with van der Waals surface area (Å²) in [6.45, 7) is 4.11. The molecule has 0 spiro atoms. The van der Waals surface area contributed by atoms with Crippen LogP contribution in [-0.2, 0) is 11.2 Å². The fourth-order valence-electron chi connectivity index (χ4n) is 2.52. The molecule has 4 heteroatoms. The van der Waals surface area contributed by atoms with Crippen molar-refractivity contribution in [3.05, 3.63) is 64.2 Å². The fraction of sp³-hybridized carbons (Fsp3) is 0.316. The zero-order valence-corrected chi connectivity index (χ0v) is 14.5. The molecule has 3 nitrogen and oxygen atoms in total.